The number of thiazole rings is 1. The zero-order valence-corrected chi connectivity index (χ0v) is 28.9. The minimum Gasteiger partial charge on any atom is -0.339 e. The Balaban J connectivity index is 1.54. The fraction of sp³-hybridized carbons (Fsp3) is 0.216. The van der Waals surface area contributed by atoms with Gasteiger partial charge in [-0.3, -0.25) is 0 Å². The number of rotatable bonds is 7. The summed E-state index contributed by atoms with van der Waals surface area (Å²) in [4.78, 5) is 9.71. The third-order valence-corrected chi connectivity index (χ3v) is 9.24. The molecule has 0 saturated carbocycles. The van der Waals surface area contributed by atoms with Crippen LogP contribution in [0, 0.1) is 78.1 Å². The molecule has 48 heavy (non-hydrogen) atoms. The molecule has 238 valence electrons. The average Bonchev–Trinajstić information content (AvgIpc) is 3.60. The summed E-state index contributed by atoms with van der Waals surface area (Å²) < 4.78 is 2.54. The van der Waals surface area contributed by atoms with Crippen LogP contribution in [0.4, 0.5) is 34.5 Å². The Morgan fingerprint density at radius 1 is 0.708 bits per heavy atom. The number of hydrogen-bond donors (Lipinski definition) is 2. The van der Waals surface area contributed by atoms with Gasteiger partial charge in [-0.15, -0.1) is 10.2 Å². The molecule has 0 spiro atoms. The predicted molar refractivity (Wildman–Crippen MR) is 192 cm³/mol. The van der Waals surface area contributed by atoms with Crippen LogP contribution < -0.4 is 10.6 Å². The van der Waals surface area contributed by atoms with E-state index >= 15 is 0 Å². The summed E-state index contributed by atoms with van der Waals surface area (Å²) in [6.45, 7) is 15.8. The van der Waals surface area contributed by atoms with Crippen molar-refractivity contribution in [2.75, 3.05) is 10.6 Å². The lowest BCUT2D eigenvalue weighted by molar-refractivity contribution is 0.848. The third kappa shape index (κ3) is 5.88. The minimum absolute atomic E-state index is 0.244. The van der Waals surface area contributed by atoms with E-state index in [1.807, 2.05) is 58.9 Å². The Morgan fingerprint density at radius 2 is 1.27 bits per heavy atom. The minimum atomic E-state index is 0.244. The molecule has 3 heterocycles. The van der Waals surface area contributed by atoms with Crippen molar-refractivity contribution in [1.29, 1.82) is 10.5 Å². The molecule has 2 N–H and O–H groups in total. The van der Waals surface area contributed by atoms with Gasteiger partial charge in [0.2, 0.25) is 5.13 Å². The summed E-state index contributed by atoms with van der Waals surface area (Å²) in [5.74, 6) is 1.06. The van der Waals surface area contributed by atoms with Crippen molar-refractivity contribution in [2.45, 2.75) is 55.4 Å². The van der Waals surface area contributed by atoms with E-state index in [9.17, 15) is 10.5 Å². The SMILES string of the molecule is Cc1cc(C)c(Nc2nc(Nc3c(C)cc(C)cc3C)c(N=Nc3c(C#N)c(C)nn3-c3nc4ccccc4s3)c(C)c2C#N)c(C)c1. The highest BCUT2D eigenvalue weighted by atomic mass is 32.1. The Labute approximate surface area is 283 Å². The van der Waals surface area contributed by atoms with Gasteiger partial charge in [0.15, 0.2) is 17.5 Å². The van der Waals surface area contributed by atoms with Crippen LogP contribution in [0.15, 0.2) is 58.8 Å². The quantitative estimate of drug-likeness (QED) is 0.164. The molecule has 6 rings (SSSR count). The van der Waals surface area contributed by atoms with Crippen LogP contribution in [0.1, 0.15) is 55.8 Å². The molecule has 10 nitrogen and oxygen atoms in total. The first kappa shape index (κ1) is 32.0. The summed E-state index contributed by atoms with van der Waals surface area (Å²) in [6, 6.07) is 20.8. The predicted octanol–water partition coefficient (Wildman–Crippen LogP) is 9.99. The molecular weight excluding hydrogens is 617 g/mol. The Morgan fingerprint density at radius 3 is 1.83 bits per heavy atom. The Kier molecular flexibility index (Phi) is 8.48. The van der Waals surface area contributed by atoms with Crippen LogP contribution in [0.3, 0.4) is 0 Å². The summed E-state index contributed by atoms with van der Waals surface area (Å²) in [5, 5.41) is 42.0. The summed E-state index contributed by atoms with van der Waals surface area (Å²) in [5.41, 5.74) is 11.1. The number of aromatic nitrogens is 4. The number of azo groups is 1. The molecule has 0 aliphatic heterocycles. The van der Waals surface area contributed by atoms with Crippen molar-refractivity contribution in [3.8, 4) is 17.3 Å². The fourth-order valence-electron chi connectivity index (χ4n) is 6.04. The second-order valence-electron chi connectivity index (χ2n) is 12.0. The standard InChI is InChI=1S/C37H34N10S/c1-19-13-21(3)31(22(4)14-19)41-34-27(17-38)25(7)33(35(43-34)42-32-23(5)15-20(2)16-24(32)6)44-45-36-28(18-39)26(8)46-47(36)37-40-29-11-9-10-12-30(29)48-37/h9-16H,1-8H3,(H2,41,42,43). The lowest BCUT2D eigenvalue weighted by Gasteiger charge is -2.19. The highest BCUT2D eigenvalue weighted by Gasteiger charge is 2.23. The lowest BCUT2D eigenvalue weighted by Crippen LogP contribution is -2.07. The van der Waals surface area contributed by atoms with Crippen molar-refractivity contribution in [3.63, 3.8) is 0 Å². The molecule has 0 saturated heterocycles. The van der Waals surface area contributed by atoms with Gasteiger partial charge in [-0.1, -0.05) is 58.9 Å². The topological polar surface area (TPSA) is 140 Å². The number of nitrogens with zero attached hydrogens (tertiary/aromatic N) is 8. The molecule has 0 fully saturated rings. The van der Waals surface area contributed by atoms with Crippen LogP contribution in [0.25, 0.3) is 15.3 Å². The van der Waals surface area contributed by atoms with Crippen molar-refractivity contribution < 1.29 is 0 Å². The van der Waals surface area contributed by atoms with E-state index in [2.05, 4.69) is 71.1 Å². The number of para-hydroxylation sites is 1. The normalized spacial score (nSPS) is 11.2. The van der Waals surface area contributed by atoms with Crippen molar-refractivity contribution in [1.82, 2.24) is 19.7 Å². The van der Waals surface area contributed by atoms with Crippen LogP contribution >= 0.6 is 11.3 Å². The van der Waals surface area contributed by atoms with Gasteiger partial charge in [0.05, 0.1) is 21.5 Å². The number of nitriles is 2. The molecule has 0 aliphatic rings. The average molecular weight is 651 g/mol. The lowest BCUT2D eigenvalue weighted by atomic mass is 10.0. The van der Waals surface area contributed by atoms with E-state index in [1.54, 1.807) is 11.6 Å². The molecule has 0 unspecified atom stereocenters. The molecular formula is C37H34N10S. The van der Waals surface area contributed by atoms with Crippen LogP contribution in [-0.2, 0) is 0 Å². The van der Waals surface area contributed by atoms with E-state index < -0.39 is 0 Å². The molecule has 0 radical (unpaired) electrons. The first-order valence-electron chi connectivity index (χ1n) is 15.4. The maximum absolute atomic E-state index is 10.4. The highest BCUT2D eigenvalue weighted by Crippen LogP contribution is 2.40. The van der Waals surface area contributed by atoms with Crippen LogP contribution in [0.2, 0.25) is 0 Å². The molecule has 0 bridgehead atoms. The second-order valence-corrected chi connectivity index (χ2v) is 13.0. The van der Waals surface area contributed by atoms with Gasteiger partial charge in [-0.2, -0.15) is 20.3 Å². The van der Waals surface area contributed by atoms with E-state index in [0.29, 0.717) is 39.3 Å². The zero-order valence-electron chi connectivity index (χ0n) is 28.1. The number of anilines is 4. The number of fused-ring (bicyclic) bond motifs is 1. The van der Waals surface area contributed by atoms with E-state index in [-0.39, 0.29) is 11.4 Å². The summed E-state index contributed by atoms with van der Waals surface area (Å²) in [7, 11) is 0. The van der Waals surface area contributed by atoms with Gasteiger partial charge in [0, 0.05) is 16.9 Å². The van der Waals surface area contributed by atoms with Gasteiger partial charge >= 0.3 is 0 Å². The van der Waals surface area contributed by atoms with Gasteiger partial charge in [-0.05, 0) is 89.8 Å². The molecule has 6 aromatic rings. The maximum Gasteiger partial charge on any atom is 0.213 e. The van der Waals surface area contributed by atoms with Gasteiger partial charge < -0.3 is 10.6 Å². The maximum atomic E-state index is 10.4. The van der Waals surface area contributed by atoms with Crippen molar-refractivity contribution in [3.05, 3.63) is 104 Å². The van der Waals surface area contributed by atoms with Gasteiger partial charge in [0.25, 0.3) is 0 Å². The molecule has 3 aromatic heterocycles. The van der Waals surface area contributed by atoms with Crippen molar-refractivity contribution in [2.24, 2.45) is 10.2 Å². The van der Waals surface area contributed by atoms with Gasteiger partial charge in [-0.25, -0.2) is 9.97 Å². The monoisotopic (exact) mass is 650 g/mol. The smallest absolute Gasteiger partial charge is 0.213 e. The second kappa shape index (κ2) is 12.7. The molecule has 0 amide bonds. The van der Waals surface area contributed by atoms with E-state index in [1.165, 1.54) is 11.3 Å². The number of benzene rings is 3. The number of nitrogens with one attached hydrogen (secondary N) is 2. The van der Waals surface area contributed by atoms with Gasteiger partial charge in [0.1, 0.15) is 23.4 Å². The largest absolute Gasteiger partial charge is 0.339 e. The van der Waals surface area contributed by atoms with E-state index in [4.69, 9.17) is 15.1 Å². The third-order valence-electron chi connectivity index (χ3n) is 8.22. The van der Waals surface area contributed by atoms with Crippen LogP contribution in [-0.4, -0.2) is 19.7 Å². The molecule has 0 atom stereocenters. The number of aryl methyl sites for hydroxylation is 7. The summed E-state index contributed by atoms with van der Waals surface area (Å²) >= 11 is 1.45. The highest BCUT2D eigenvalue weighted by molar-refractivity contribution is 7.20. The Bertz CT molecular complexity index is 2290. The number of hydrogen-bond acceptors (Lipinski definition) is 10. The van der Waals surface area contributed by atoms with Crippen LogP contribution in [0.5, 0.6) is 0 Å². The van der Waals surface area contributed by atoms with E-state index in [0.717, 1.165) is 55.0 Å². The fourth-order valence-corrected chi connectivity index (χ4v) is 6.96. The molecule has 11 heteroatoms. The van der Waals surface area contributed by atoms with Crippen molar-refractivity contribution >= 4 is 56.1 Å². The molecule has 0 aliphatic carbocycles. The first-order chi connectivity index (χ1) is 23.0. The Hall–Kier alpha value is -5.91. The summed E-state index contributed by atoms with van der Waals surface area (Å²) in [6.07, 6.45) is 0. The number of pyridine rings is 1. The zero-order chi connectivity index (χ0) is 34.3. The molecule has 3 aromatic carbocycles. The first-order valence-corrected chi connectivity index (χ1v) is 16.2.